The minimum absolute atomic E-state index is 0.0898. The first-order valence-electron chi connectivity index (χ1n) is 4.20. The van der Waals surface area contributed by atoms with Crippen molar-refractivity contribution in [2.45, 2.75) is 13.8 Å². The fourth-order valence-electron chi connectivity index (χ4n) is 1.10. The summed E-state index contributed by atoms with van der Waals surface area (Å²) < 4.78 is 9.15. The van der Waals surface area contributed by atoms with Gasteiger partial charge in [-0.3, -0.25) is 14.4 Å². The molecule has 0 aliphatic carbocycles. The summed E-state index contributed by atoms with van der Waals surface area (Å²) >= 11 is 0. The monoisotopic (exact) mass is 198 g/mol. The lowest BCUT2D eigenvalue weighted by atomic mass is 10.1. The standard InChI is InChI=1S/C9H10O5/c1-3-5-7(10)6(9(12)14-5)8(11)13-4-2/h3,6H,4H2,1-2H3/b5-3+. The maximum absolute atomic E-state index is 11.3. The molecule has 5 nitrogen and oxygen atoms in total. The summed E-state index contributed by atoms with van der Waals surface area (Å²) in [6, 6.07) is 0. The van der Waals surface area contributed by atoms with Crippen molar-refractivity contribution in [1.82, 2.24) is 0 Å². The van der Waals surface area contributed by atoms with Crippen molar-refractivity contribution < 1.29 is 23.9 Å². The molecule has 0 saturated carbocycles. The van der Waals surface area contributed by atoms with Crippen molar-refractivity contribution in [2.24, 2.45) is 5.92 Å². The van der Waals surface area contributed by atoms with Gasteiger partial charge in [-0.1, -0.05) is 0 Å². The highest BCUT2D eigenvalue weighted by Crippen LogP contribution is 2.21. The zero-order valence-electron chi connectivity index (χ0n) is 7.90. The van der Waals surface area contributed by atoms with Gasteiger partial charge >= 0.3 is 11.9 Å². The third-order valence-corrected chi connectivity index (χ3v) is 1.74. The van der Waals surface area contributed by atoms with Crippen molar-refractivity contribution in [2.75, 3.05) is 6.61 Å². The Hall–Kier alpha value is -1.65. The number of esters is 2. The van der Waals surface area contributed by atoms with E-state index < -0.39 is 23.6 Å². The number of hydrogen-bond donors (Lipinski definition) is 0. The van der Waals surface area contributed by atoms with Crippen LogP contribution in [0.25, 0.3) is 0 Å². The van der Waals surface area contributed by atoms with Crippen LogP contribution in [0.3, 0.4) is 0 Å². The maximum Gasteiger partial charge on any atom is 0.334 e. The van der Waals surface area contributed by atoms with Crippen LogP contribution in [0.1, 0.15) is 13.8 Å². The first-order chi connectivity index (χ1) is 6.61. The first kappa shape index (κ1) is 10.4. The first-order valence-corrected chi connectivity index (χ1v) is 4.20. The normalized spacial score (nSPS) is 23.9. The summed E-state index contributed by atoms with van der Waals surface area (Å²) in [6.07, 6.45) is 1.35. The highest BCUT2D eigenvalue weighted by Gasteiger charge is 2.45. The van der Waals surface area contributed by atoms with Gasteiger partial charge in [-0.05, 0) is 19.9 Å². The van der Waals surface area contributed by atoms with Gasteiger partial charge in [0.15, 0.2) is 5.76 Å². The second kappa shape index (κ2) is 4.04. The molecule has 5 heteroatoms. The Bertz CT molecular complexity index is 315. The Labute approximate surface area is 80.7 Å². The van der Waals surface area contributed by atoms with Gasteiger partial charge in [0.1, 0.15) is 0 Å². The van der Waals surface area contributed by atoms with Gasteiger partial charge < -0.3 is 9.47 Å². The van der Waals surface area contributed by atoms with E-state index in [-0.39, 0.29) is 12.4 Å². The van der Waals surface area contributed by atoms with Crippen LogP contribution in [0.5, 0.6) is 0 Å². The van der Waals surface area contributed by atoms with Crippen LogP contribution in [-0.2, 0) is 23.9 Å². The quantitative estimate of drug-likeness (QED) is 0.360. The van der Waals surface area contributed by atoms with Gasteiger partial charge in [-0.15, -0.1) is 0 Å². The smallest absolute Gasteiger partial charge is 0.334 e. The van der Waals surface area contributed by atoms with Crippen LogP contribution >= 0.6 is 0 Å². The number of ether oxygens (including phenoxy) is 2. The molecule has 0 spiro atoms. The molecular weight excluding hydrogens is 188 g/mol. The third-order valence-electron chi connectivity index (χ3n) is 1.74. The average molecular weight is 198 g/mol. The molecule has 0 aromatic heterocycles. The van der Waals surface area contributed by atoms with Crippen LogP contribution < -0.4 is 0 Å². The molecule has 0 radical (unpaired) electrons. The fraction of sp³-hybridized carbons (Fsp3) is 0.444. The number of hydrogen-bond acceptors (Lipinski definition) is 5. The highest BCUT2D eigenvalue weighted by molar-refractivity contribution is 6.24. The Morgan fingerprint density at radius 1 is 1.57 bits per heavy atom. The number of carbonyl (C=O) groups is 3. The van der Waals surface area contributed by atoms with Crippen molar-refractivity contribution in [3.63, 3.8) is 0 Å². The molecule has 0 bridgehead atoms. The largest absolute Gasteiger partial charge is 0.465 e. The zero-order chi connectivity index (χ0) is 10.7. The Morgan fingerprint density at radius 2 is 2.21 bits per heavy atom. The molecule has 1 unspecified atom stereocenters. The number of ketones is 1. The molecule has 1 rings (SSSR count). The van der Waals surface area contributed by atoms with Crippen LogP contribution in [0.15, 0.2) is 11.8 Å². The predicted molar refractivity (Wildman–Crippen MR) is 45.0 cm³/mol. The van der Waals surface area contributed by atoms with Crippen molar-refractivity contribution in [1.29, 1.82) is 0 Å². The second-order valence-electron chi connectivity index (χ2n) is 2.62. The van der Waals surface area contributed by atoms with Gasteiger partial charge in [-0.2, -0.15) is 0 Å². The lowest BCUT2D eigenvalue weighted by Gasteiger charge is -2.02. The van der Waals surface area contributed by atoms with Gasteiger partial charge in [0.2, 0.25) is 11.7 Å². The van der Waals surface area contributed by atoms with Crippen molar-refractivity contribution >= 4 is 17.7 Å². The topological polar surface area (TPSA) is 69.7 Å². The molecule has 1 aliphatic rings. The highest BCUT2D eigenvalue weighted by atomic mass is 16.6. The molecule has 0 aromatic carbocycles. The lowest BCUT2D eigenvalue weighted by Crippen LogP contribution is -2.27. The Kier molecular flexibility index (Phi) is 3.01. The van der Waals surface area contributed by atoms with Crippen molar-refractivity contribution in [3.05, 3.63) is 11.8 Å². The second-order valence-corrected chi connectivity index (χ2v) is 2.62. The molecular formula is C9H10O5. The minimum atomic E-state index is -1.43. The van der Waals surface area contributed by atoms with Crippen LogP contribution in [0, 0.1) is 5.92 Å². The molecule has 1 saturated heterocycles. The van der Waals surface area contributed by atoms with E-state index in [1.807, 2.05) is 0 Å². The van der Waals surface area contributed by atoms with E-state index in [2.05, 4.69) is 9.47 Å². The predicted octanol–water partition coefficient (Wildman–Crippen LogP) is 0.195. The molecule has 0 amide bonds. The van der Waals surface area contributed by atoms with E-state index >= 15 is 0 Å². The molecule has 14 heavy (non-hydrogen) atoms. The number of carbonyl (C=O) groups excluding carboxylic acids is 3. The van der Waals surface area contributed by atoms with Crippen molar-refractivity contribution in [3.8, 4) is 0 Å². The summed E-state index contributed by atoms with van der Waals surface area (Å²) in [5.41, 5.74) is 0. The minimum Gasteiger partial charge on any atom is -0.465 e. The van der Waals surface area contributed by atoms with E-state index in [0.717, 1.165) is 0 Å². The van der Waals surface area contributed by atoms with E-state index in [9.17, 15) is 14.4 Å². The number of rotatable bonds is 2. The van der Waals surface area contributed by atoms with Gasteiger partial charge in [-0.25, -0.2) is 0 Å². The van der Waals surface area contributed by atoms with E-state index in [1.165, 1.54) is 6.08 Å². The van der Waals surface area contributed by atoms with E-state index in [4.69, 9.17) is 0 Å². The SMILES string of the molecule is C/C=C1/OC(=O)C(C(=O)OCC)C1=O. The number of cyclic esters (lactones) is 1. The summed E-state index contributed by atoms with van der Waals surface area (Å²) in [5.74, 6) is -3.86. The lowest BCUT2D eigenvalue weighted by molar-refractivity contribution is -0.156. The Balaban J connectivity index is 2.85. The fourth-order valence-corrected chi connectivity index (χ4v) is 1.10. The molecule has 1 fully saturated rings. The number of allylic oxidation sites excluding steroid dienone is 2. The van der Waals surface area contributed by atoms with E-state index in [1.54, 1.807) is 13.8 Å². The van der Waals surface area contributed by atoms with Crippen LogP contribution in [0.2, 0.25) is 0 Å². The summed E-state index contributed by atoms with van der Waals surface area (Å²) in [7, 11) is 0. The summed E-state index contributed by atoms with van der Waals surface area (Å²) in [6.45, 7) is 3.27. The third kappa shape index (κ3) is 1.66. The van der Waals surface area contributed by atoms with Gasteiger partial charge in [0.05, 0.1) is 6.61 Å². The van der Waals surface area contributed by atoms with Gasteiger partial charge in [0.25, 0.3) is 0 Å². The van der Waals surface area contributed by atoms with Crippen LogP contribution in [-0.4, -0.2) is 24.3 Å². The molecule has 1 aliphatic heterocycles. The maximum atomic E-state index is 11.3. The molecule has 76 valence electrons. The molecule has 1 heterocycles. The number of Topliss-reactive ketones (excluding diaryl/α,β-unsaturated/α-hetero) is 1. The van der Waals surface area contributed by atoms with E-state index in [0.29, 0.717) is 0 Å². The Morgan fingerprint density at radius 3 is 2.64 bits per heavy atom. The summed E-state index contributed by atoms with van der Waals surface area (Å²) in [4.78, 5) is 33.6. The average Bonchev–Trinajstić information content (AvgIpc) is 2.41. The molecule has 0 N–H and O–H groups in total. The molecule has 0 aromatic rings. The zero-order valence-corrected chi connectivity index (χ0v) is 7.90. The summed E-state index contributed by atoms with van der Waals surface area (Å²) in [5, 5.41) is 0. The van der Waals surface area contributed by atoms with Crippen LogP contribution in [0.4, 0.5) is 0 Å². The molecule has 1 atom stereocenters. The van der Waals surface area contributed by atoms with Gasteiger partial charge in [0, 0.05) is 0 Å².